The third-order valence-corrected chi connectivity index (χ3v) is 3.33. The molecule has 2 aromatic heterocycles. The highest BCUT2D eigenvalue weighted by Gasteiger charge is 2.18. The molecule has 0 spiro atoms. The van der Waals surface area contributed by atoms with Gasteiger partial charge in [0.05, 0.1) is 0 Å². The van der Waals surface area contributed by atoms with Crippen molar-refractivity contribution in [3.63, 3.8) is 0 Å². The molecule has 0 amide bonds. The number of halogens is 1. The molecule has 3 rings (SSSR count). The first kappa shape index (κ1) is 18.8. The molecular formula is C15H14ClN3O6. The van der Waals surface area contributed by atoms with Gasteiger partial charge in [-0.15, -0.1) is 10.2 Å². The van der Waals surface area contributed by atoms with Gasteiger partial charge in [-0.25, -0.2) is 23.4 Å². The lowest BCUT2D eigenvalue weighted by Gasteiger charge is -2.17. The Kier molecular flexibility index (Phi) is 5.36. The fraction of sp³-hybridized carbons (Fsp3) is 0.133. The van der Waals surface area contributed by atoms with Crippen molar-refractivity contribution >= 4 is 11.0 Å². The number of hydrogen-bond acceptors (Lipinski definition) is 6. The largest absolute Gasteiger partial charge is 0.413 e. The van der Waals surface area contributed by atoms with Crippen molar-refractivity contribution in [2.75, 3.05) is 0 Å². The van der Waals surface area contributed by atoms with E-state index >= 15 is 0 Å². The van der Waals surface area contributed by atoms with Crippen molar-refractivity contribution in [2.45, 2.75) is 13.8 Å². The van der Waals surface area contributed by atoms with Crippen LogP contribution in [0.15, 0.2) is 46.0 Å². The van der Waals surface area contributed by atoms with E-state index in [2.05, 4.69) is 9.97 Å². The van der Waals surface area contributed by atoms with Gasteiger partial charge in [0.2, 0.25) is 0 Å². The lowest BCUT2D eigenvalue weighted by Crippen LogP contribution is -2.68. The van der Waals surface area contributed by atoms with Crippen LogP contribution in [0.2, 0.25) is 0 Å². The first-order chi connectivity index (χ1) is 11.6. The highest BCUT2D eigenvalue weighted by Crippen LogP contribution is 2.12. The Morgan fingerprint density at radius 2 is 1.52 bits per heavy atom. The molecule has 0 unspecified atom stereocenters. The third-order valence-electron chi connectivity index (χ3n) is 3.33. The molecule has 0 radical (unpaired) electrons. The number of aromatic amines is 2. The van der Waals surface area contributed by atoms with Gasteiger partial charge in [-0.1, -0.05) is 18.2 Å². The summed E-state index contributed by atoms with van der Waals surface area (Å²) in [5.41, 5.74) is 2.33. The molecule has 1 aromatic carbocycles. The molecular weight excluding hydrogens is 354 g/mol. The molecule has 2 N–H and O–H groups in total. The first-order valence-corrected chi connectivity index (χ1v) is 8.17. The average molecular weight is 368 g/mol. The molecule has 9 nitrogen and oxygen atoms in total. The van der Waals surface area contributed by atoms with E-state index in [1.165, 1.54) is 0 Å². The molecule has 132 valence electrons. The summed E-state index contributed by atoms with van der Waals surface area (Å²) in [6.45, 7) is 3.80. The maximum absolute atomic E-state index is 12.0. The standard InChI is InChI=1S/C15H13N3O2.ClHO4/c1-9-8-10(2)18(11-6-4-3-5-7-11)13-12(9)14(19)17-15(20)16-13;2-1(3,4)5/h3-8H,1-2H3,(H,17,19,20);(H,2,3,4,5). The van der Waals surface area contributed by atoms with Gasteiger partial charge in [-0.05, 0) is 37.6 Å². The molecule has 0 bridgehead atoms. The topological polar surface area (TPSA) is 162 Å². The molecule has 25 heavy (non-hydrogen) atoms. The van der Waals surface area contributed by atoms with Crippen molar-refractivity contribution in [1.82, 2.24) is 9.97 Å². The highest BCUT2D eigenvalue weighted by atomic mass is 35.7. The molecule has 10 heteroatoms. The van der Waals surface area contributed by atoms with Crippen molar-refractivity contribution in [3.8, 4) is 5.69 Å². The van der Waals surface area contributed by atoms with Gasteiger partial charge in [0.1, 0.15) is 16.8 Å². The Morgan fingerprint density at radius 1 is 0.960 bits per heavy atom. The fourth-order valence-electron chi connectivity index (χ4n) is 2.54. The molecule has 0 aliphatic rings. The van der Waals surface area contributed by atoms with Crippen LogP contribution in [0, 0.1) is 24.1 Å². The molecule has 0 aliphatic heterocycles. The van der Waals surface area contributed by atoms with Gasteiger partial charge >= 0.3 is 11.3 Å². The van der Waals surface area contributed by atoms with Gasteiger partial charge in [-0.3, -0.25) is 9.78 Å². The number of rotatable bonds is 1. The second-order valence-electron chi connectivity index (χ2n) is 5.15. The number of aromatic nitrogens is 3. The van der Waals surface area contributed by atoms with Crippen molar-refractivity contribution in [3.05, 3.63) is 68.5 Å². The van der Waals surface area contributed by atoms with Crippen molar-refractivity contribution < 1.29 is 33.4 Å². The second-order valence-corrected chi connectivity index (χ2v) is 5.91. The number of hydrogen-bond donors (Lipinski definition) is 2. The van der Waals surface area contributed by atoms with E-state index in [0.717, 1.165) is 16.9 Å². The minimum absolute atomic E-state index is 0.370. The van der Waals surface area contributed by atoms with Crippen LogP contribution in [-0.4, -0.2) is 9.97 Å². The number of aryl methyl sites for hydroxylation is 2. The van der Waals surface area contributed by atoms with Crippen LogP contribution >= 0.6 is 0 Å². The number of benzene rings is 1. The summed E-state index contributed by atoms with van der Waals surface area (Å²) in [4.78, 5) is 28.6. The Hall–Kier alpha value is -2.56. The zero-order chi connectivity index (χ0) is 18.8. The normalized spacial score (nSPS) is 11.1. The Labute approximate surface area is 143 Å². The van der Waals surface area contributed by atoms with E-state index < -0.39 is 15.9 Å². The smallest absolute Gasteiger partial charge is 0.268 e. The average Bonchev–Trinajstić information content (AvgIpc) is 2.45. The van der Waals surface area contributed by atoms with Crippen LogP contribution < -0.4 is 34.5 Å². The zero-order valence-electron chi connectivity index (χ0n) is 13.2. The summed E-state index contributed by atoms with van der Waals surface area (Å²) >= 11 is 0. The highest BCUT2D eigenvalue weighted by molar-refractivity contribution is 5.74. The van der Waals surface area contributed by atoms with Crippen LogP contribution in [0.4, 0.5) is 0 Å². The number of para-hydroxylation sites is 1. The number of pyridine rings is 1. The zero-order valence-corrected chi connectivity index (χ0v) is 14.0. The minimum atomic E-state index is -4.94. The lowest BCUT2D eigenvalue weighted by atomic mass is 10.1. The first-order valence-electron chi connectivity index (χ1n) is 6.93. The van der Waals surface area contributed by atoms with Crippen LogP contribution in [0.3, 0.4) is 0 Å². The maximum atomic E-state index is 12.0. The maximum Gasteiger partial charge on any atom is 0.413 e. The SMILES string of the molecule is Cc1cc(C)[n+](-c2ccccc2)c2[nH]c(=O)[nH]c(=O)c12.[O-][Cl+3]([O-])([O-])[O-]. The van der Waals surface area contributed by atoms with Crippen LogP contribution in [-0.2, 0) is 0 Å². The summed E-state index contributed by atoms with van der Waals surface area (Å²) < 4.78 is 35.8. The number of nitrogens with one attached hydrogen (secondary N) is 2. The molecule has 3 aromatic rings. The number of fused-ring (bicyclic) bond motifs is 1. The van der Waals surface area contributed by atoms with Gasteiger partial charge in [0.15, 0.2) is 0 Å². The molecule has 0 saturated heterocycles. The Morgan fingerprint density at radius 3 is 2.08 bits per heavy atom. The van der Waals surface area contributed by atoms with E-state index in [9.17, 15) is 9.59 Å². The minimum Gasteiger partial charge on any atom is -0.268 e. The van der Waals surface area contributed by atoms with E-state index in [1.807, 2.05) is 54.8 Å². The van der Waals surface area contributed by atoms with Crippen molar-refractivity contribution in [2.24, 2.45) is 0 Å². The summed E-state index contributed by atoms with van der Waals surface area (Å²) in [5, 5.41) is 0.499. The van der Waals surface area contributed by atoms with Gasteiger partial charge < -0.3 is 0 Å². The summed E-state index contributed by atoms with van der Waals surface area (Å²) in [6, 6.07) is 11.5. The molecule has 2 heterocycles. The van der Waals surface area contributed by atoms with Gasteiger partial charge in [0, 0.05) is 0 Å². The molecule has 0 atom stereocenters. The molecule has 0 aliphatic carbocycles. The van der Waals surface area contributed by atoms with E-state index in [0.29, 0.717) is 11.0 Å². The van der Waals surface area contributed by atoms with Crippen molar-refractivity contribution in [1.29, 1.82) is 0 Å². The quantitative estimate of drug-likeness (QED) is 0.421. The van der Waals surface area contributed by atoms with Gasteiger partial charge in [-0.2, -0.15) is 9.55 Å². The third kappa shape index (κ3) is 4.72. The van der Waals surface area contributed by atoms with E-state index in [1.54, 1.807) is 0 Å². The van der Waals surface area contributed by atoms with E-state index in [4.69, 9.17) is 18.6 Å². The predicted octanol–water partition coefficient (Wildman–Crippen LogP) is -3.65. The second kappa shape index (κ2) is 7.13. The summed E-state index contributed by atoms with van der Waals surface area (Å²) in [7, 11) is -4.94. The van der Waals surface area contributed by atoms with Crippen LogP contribution in [0.25, 0.3) is 16.7 Å². The van der Waals surface area contributed by atoms with Crippen LogP contribution in [0.1, 0.15) is 11.3 Å². The fourth-order valence-corrected chi connectivity index (χ4v) is 2.54. The Balaban J connectivity index is 0.000000399. The molecule has 0 saturated carbocycles. The summed E-state index contributed by atoms with van der Waals surface area (Å²) in [6.07, 6.45) is 0. The molecule has 0 fully saturated rings. The summed E-state index contributed by atoms with van der Waals surface area (Å²) in [5.74, 6) is 0. The van der Waals surface area contributed by atoms with E-state index in [-0.39, 0.29) is 5.56 Å². The predicted molar refractivity (Wildman–Crippen MR) is 76.2 cm³/mol. The number of H-pyrrole nitrogens is 2. The van der Waals surface area contributed by atoms with Crippen LogP contribution in [0.5, 0.6) is 0 Å². The monoisotopic (exact) mass is 367 g/mol. The lowest BCUT2D eigenvalue weighted by molar-refractivity contribution is -2.00. The number of nitrogens with zero attached hydrogens (tertiary/aromatic N) is 1. The van der Waals surface area contributed by atoms with Gasteiger partial charge in [0.25, 0.3) is 5.56 Å². The Bertz CT molecular complexity index is 1000.